The number of pyridine rings is 1. The van der Waals surface area contributed by atoms with Crippen molar-refractivity contribution in [3.8, 4) is 0 Å². The second-order valence-electron chi connectivity index (χ2n) is 7.70. The van der Waals surface area contributed by atoms with Gasteiger partial charge < -0.3 is 16.3 Å². The first kappa shape index (κ1) is 25.4. The summed E-state index contributed by atoms with van der Waals surface area (Å²) in [6.45, 7) is 1.43. The van der Waals surface area contributed by atoms with Gasteiger partial charge >= 0.3 is 0 Å². The van der Waals surface area contributed by atoms with E-state index in [1.54, 1.807) is 18.2 Å². The Morgan fingerprint density at radius 2 is 1.86 bits per heavy atom. The lowest BCUT2D eigenvalue weighted by Crippen LogP contribution is -2.52. The molecule has 0 bridgehead atoms. The minimum absolute atomic E-state index is 0.0278. The van der Waals surface area contributed by atoms with Crippen molar-refractivity contribution >= 4 is 44.6 Å². The Morgan fingerprint density at radius 1 is 1.14 bits per heavy atom. The summed E-state index contributed by atoms with van der Waals surface area (Å²) in [5.41, 5.74) is 9.48. The summed E-state index contributed by atoms with van der Waals surface area (Å²) >= 11 is 0. The molecule has 1 amide bonds. The maximum Gasteiger partial charge on any atom is 0.293 e. The molecule has 3 rings (SSSR count). The van der Waals surface area contributed by atoms with Gasteiger partial charge in [-0.15, -0.1) is 0 Å². The van der Waals surface area contributed by atoms with Crippen molar-refractivity contribution in [2.75, 3.05) is 16.3 Å². The molecular formula is C23H26N6O5S. The Morgan fingerprint density at radius 3 is 2.51 bits per heavy atom. The summed E-state index contributed by atoms with van der Waals surface area (Å²) in [4.78, 5) is 41.1. The number of aromatic nitrogens is 1. The average molecular weight is 499 g/mol. The molecule has 0 aliphatic carbocycles. The molecule has 0 saturated carbocycles. The van der Waals surface area contributed by atoms with Crippen LogP contribution >= 0.6 is 0 Å². The number of nitrogens with one attached hydrogen (secondary N) is 1. The van der Waals surface area contributed by atoms with Gasteiger partial charge in [0.25, 0.3) is 15.6 Å². The number of fused-ring (bicyclic) bond motifs is 1. The summed E-state index contributed by atoms with van der Waals surface area (Å²) in [6, 6.07) is 13.6. The van der Waals surface area contributed by atoms with Gasteiger partial charge in [-0.05, 0) is 47.9 Å². The quantitative estimate of drug-likeness (QED) is 0.161. The maximum absolute atomic E-state index is 13.1. The molecule has 2 aromatic carbocycles. The molecule has 0 radical (unpaired) electrons. The molecule has 12 heteroatoms. The number of anilines is 1. The van der Waals surface area contributed by atoms with Crippen LogP contribution in [0.5, 0.6) is 0 Å². The summed E-state index contributed by atoms with van der Waals surface area (Å²) in [5, 5.41) is 2.56. The zero-order chi connectivity index (χ0) is 25.6. The number of nitrogens with zero attached hydrogens (tertiary/aromatic N) is 3. The lowest BCUT2D eigenvalue weighted by molar-refractivity contribution is -0.121. The van der Waals surface area contributed by atoms with Crippen molar-refractivity contribution in [2.45, 2.75) is 30.7 Å². The largest absolute Gasteiger partial charge is 0.370 e. The lowest BCUT2D eigenvalue weighted by Gasteiger charge is -2.28. The molecular weight excluding hydrogens is 472 g/mol. The van der Waals surface area contributed by atoms with Crippen LogP contribution in [0.1, 0.15) is 19.8 Å². The highest BCUT2D eigenvalue weighted by Crippen LogP contribution is 2.20. The third kappa shape index (κ3) is 6.03. The van der Waals surface area contributed by atoms with Crippen LogP contribution in [0.15, 0.2) is 75.5 Å². The molecule has 184 valence electrons. The molecule has 11 nitrogen and oxygen atoms in total. The number of hydrogen-bond acceptors (Lipinski definition) is 6. The van der Waals surface area contributed by atoms with Crippen LogP contribution in [-0.4, -0.2) is 43.8 Å². The molecule has 0 aliphatic heterocycles. The second-order valence-corrected chi connectivity index (χ2v) is 9.38. The van der Waals surface area contributed by atoms with Gasteiger partial charge in [0, 0.05) is 19.7 Å². The van der Waals surface area contributed by atoms with E-state index in [-0.39, 0.29) is 29.5 Å². The first-order valence-corrected chi connectivity index (χ1v) is 12.2. The van der Waals surface area contributed by atoms with Gasteiger partial charge in [-0.3, -0.25) is 19.3 Å². The van der Waals surface area contributed by atoms with Crippen LogP contribution in [0, 0.1) is 0 Å². The monoisotopic (exact) mass is 498 g/mol. The van der Waals surface area contributed by atoms with E-state index < -0.39 is 27.5 Å². The SMILES string of the molecule is CC(=O)N([C@H](C=O)CCCN=C(N)N)n1cccc(NS(=O)(=O)c2ccc3ccccc3c2)c1=O. The number of sulfonamides is 1. The first-order valence-electron chi connectivity index (χ1n) is 10.7. The van der Waals surface area contributed by atoms with Crippen molar-refractivity contribution in [1.82, 2.24) is 4.68 Å². The van der Waals surface area contributed by atoms with Crippen LogP contribution in [0.3, 0.4) is 0 Å². The van der Waals surface area contributed by atoms with Crippen LogP contribution < -0.4 is 26.8 Å². The van der Waals surface area contributed by atoms with Gasteiger partial charge in [0.15, 0.2) is 5.96 Å². The average Bonchev–Trinajstić information content (AvgIpc) is 2.82. The number of amides is 1. The minimum atomic E-state index is -4.12. The molecule has 1 heterocycles. The first-order chi connectivity index (χ1) is 16.6. The molecule has 3 aromatic rings. The van der Waals surface area contributed by atoms with Crippen molar-refractivity contribution in [3.63, 3.8) is 0 Å². The van der Waals surface area contributed by atoms with Crippen LogP contribution in [0.4, 0.5) is 5.69 Å². The van der Waals surface area contributed by atoms with Crippen LogP contribution in [0.2, 0.25) is 0 Å². The number of guanidine groups is 1. The number of nitrogens with two attached hydrogens (primary N) is 2. The third-order valence-corrected chi connectivity index (χ3v) is 6.55. The Hall–Kier alpha value is -4.19. The summed E-state index contributed by atoms with van der Waals surface area (Å²) in [6.07, 6.45) is 2.37. The minimum Gasteiger partial charge on any atom is -0.370 e. The Kier molecular flexibility index (Phi) is 7.87. The van der Waals surface area contributed by atoms with E-state index in [1.807, 2.05) is 12.1 Å². The standard InChI is InChI=1S/C23H26N6O5S/c1-16(31)29(19(15-30)8-4-12-26-23(24)25)28-13-5-9-21(22(28)32)27-35(33,34)20-11-10-17-6-2-3-7-18(17)14-20/h2-3,5-7,9-11,13-15,19,27H,4,8,12H2,1H3,(H4,24,25,26)/t19-/m0/s1. The number of carbonyl (C=O) groups excluding carboxylic acids is 2. The zero-order valence-electron chi connectivity index (χ0n) is 19.0. The molecule has 1 aromatic heterocycles. The fourth-order valence-corrected chi connectivity index (χ4v) is 4.66. The van der Waals surface area contributed by atoms with Crippen molar-refractivity contribution in [3.05, 3.63) is 71.1 Å². The number of benzene rings is 2. The topological polar surface area (TPSA) is 170 Å². The highest BCUT2D eigenvalue weighted by Gasteiger charge is 2.25. The van der Waals surface area contributed by atoms with Crippen LogP contribution in [-0.2, 0) is 19.6 Å². The summed E-state index contributed by atoms with van der Waals surface area (Å²) in [7, 11) is -4.12. The van der Waals surface area contributed by atoms with Gasteiger partial charge in [0.1, 0.15) is 18.0 Å². The van der Waals surface area contributed by atoms with Crippen molar-refractivity contribution < 1.29 is 18.0 Å². The van der Waals surface area contributed by atoms with E-state index in [9.17, 15) is 22.8 Å². The molecule has 0 aliphatic rings. The van der Waals surface area contributed by atoms with Crippen molar-refractivity contribution in [1.29, 1.82) is 0 Å². The normalized spacial score (nSPS) is 12.0. The van der Waals surface area contributed by atoms with Gasteiger partial charge in [-0.1, -0.05) is 30.3 Å². The van der Waals surface area contributed by atoms with E-state index in [2.05, 4.69) is 9.71 Å². The van der Waals surface area contributed by atoms with Crippen molar-refractivity contribution in [2.24, 2.45) is 16.5 Å². The molecule has 0 unspecified atom stereocenters. The van der Waals surface area contributed by atoms with E-state index in [0.717, 1.165) is 20.5 Å². The highest BCUT2D eigenvalue weighted by molar-refractivity contribution is 7.92. The molecule has 0 saturated heterocycles. The predicted molar refractivity (Wildman–Crippen MR) is 134 cm³/mol. The fourth-order valence-electron chi connectivity index (χ4n) is 3.57. The fraction of sp³-hybridized carbons (Fsp3) is 0.217. The third-order valence-electron chi connectivity index (χ3n) is 5.18. The van der Waals surface area contributed by atoms with E-state index >= 15 is 0 Å². The van der Waals surface area contributed by atoms with Gasteiger partial charge in [0.05, 0.1) is 4.90 Å². The van der Waals surface area contributed by atoms with Gasteiger partial charge in [0.2, 0.25) is 5.91 Å². The van der Waals surface area contributed by atoms with Crippen LogP contribution in [0.25, 0.3) is 10.8 Å². The highest BCUT2D eigenvalue weighted by atomic mass is 32.2. The smallest absolute Gasteiger partial charge is 0.293 e. The molecule has 5 N–H and O–H groups in total. The van der Waals surface area contributed by atoms with E-state index in [0.29, 0.717) is 12.7 Å². The Labute approximate surface area is 202 Å². The number of carbonyl (C=O) groups is 2. The number of aliphatic imine (C=N–C) groups is 1. The number of aldehydes is 1. The predicted octanol–water partition coefficient (Wildman–Crippen LogP) is 0.908. The molecule has 1 atom stereocenters. The lowest BCUT2D eigenvalue weighted by atomic mass is 10.1. The van der Waals surface area contributed by atoms with E-state index in [4.69, 9.17) is 11.5 Å². The van der Waals surface area contributed by atoms with E-state index in [1.165, 1.54) is 37.4 Å². The zero-order valence-corrected chi connectivity index (χ0v) is 19.8. The Balaban J connectivity index is 1.91. The summed E-state index contributed by atoms with van der Waals surface area (Å²) in [5.74, 6) is -0.681. The second kappa shape index (κ2) is 10.8. The van der Waals surface area contributed by atoms with Gasteiger partial charge in [-0.25, -0.2) is 18.1 Å². The Bertz CT molecular complexity index is 1430. The molecule has 0 spiro atoms. The maximum atomic E-state index is 13.1. The molecule has 35 heavy (non-hydrogen) atoms. The molecule has 0 fully saturated rings. The summed E-state index contributed by atoms with van der Waals surface area (Å²) < 4.78 is 29.2. The van der Waals surface area contributed by atoms with Gasteiger partial charge in [-0.2, -0.15) is 0 Å². The number of hydrogen-bond donors (Lipinski definition) is 3. The number of rotatable bonds is 10.